The zero-order chi connectivity index (χ0) is 12.3. The van der Waals surface area contributed by atoms with Crippen molar-refractivity contribution in [3.05, 3.63) is 30.1 Å². The smallest absolute Gasteiger partial charge is 0.224 e. The van der Waals surface area contributed by atoms with Crippen molar-refractivity contribution in [3.8, 4) is 0 Å². The van der Waals surface area contributed by atoms with Crippen LogP contribution < -0.4 is 10.6 Å². The Hall–Kier alpha value is -1.17. The van der Waals surface area contributed by atoms with Crippen LogP contribution in [0.2, 0.25) is 0 Å². The Morgan fingerprint density at radius 3 is 2.89 bits per heavy atom. The number of ether oxygens (including phenoxy) is 1. The molecule has 0 aromatic carbocycles. The van der Waals surface area contributed by atoms with Crippen molar-refractivity contribution in [3.63, 3.8) is 0 Å². The molecule has 0 aliphatic heterocycles. The first kappa shape index (κ1) is 16.8. The van der Waals surface area contributed by atoms with Gasteiger partial charge in [0.05, 0.1) is 13.0 Å². The van der Waals surface area contributed by atoms with Crippen molar-refractivity contribution < 1.29 is 9.53 Å². The van der Waals surface area contributed by atoms with Crippen LogP contribution in [-0.4, -0.2) is 44.2 Å². The van der Waals surface area contributed by atoms with Gasteiger partial charge in [0.1, 0.15) is 0 Å². The summed E-state index contributed by atoms with van der Waals surface area (Å²) in [5.74, 6) is 0.0199. The molecule has 0 spiro atoms. The second-order valence-electron chi connectivity index (χ2n) is 3.63. The van der Waals surface area contributed by atoms with Crippen molar-refractivity contribution in [1.29, 1.82) is 0 Å². The lowest BCUT2D eigenvalue weighted by molar-refractivity contribution is -0.120. The fourth-order valence-corrected chi connectivity index (χ4v) is 1.34. The molecule has 2 N–H and O–H groups in total. The van der Waals surface area contributed by atoms with E-state index in [1.807, 2.05) is 12.1 Å². The first-order valence-electron chi connectivity index (χ1n) is 5.68. The minimum absolute atomic E-state index is 0. The van der Waals surface area contributed by atoms with Gasteiger partial charge in [0, 0.05) is 39.1 Å². The van der Waals surface area contributed by atoms with Crippen molar-refractivity contribution >= 4 is 18.3 Å². The van der Waals surface area contributed by atoms with Gasteiger partial charge < -0.3 is 15.4 Å². The minimum Gasteiger partial charge on any atom is -0.383 e. The van der Waals surface area contributed by atoms with Crippen LogP contribution in [0.4, 0.5) is 0 Å². The first-order valence-corrected chi connectivity index (χ1v) is 5.68. The largest absolute Gasteiger partial charge is 0.383 e. The molecule has 0 saturated carbocycles. The van der Waals surface area contributed by atoms with E-state index in [9.17, 15) is 4.79 Å². The number of nitrogens with one attached hydrogen (secondary N) is 2. The van der Waals surface area contributed by atoms with E-state index in [1.165, 1.54) is 0 Å². The number of rotatable bonds is 8. The molecule has 0 radical (unpaired) electrons. The predicted octanol–water partition coefficient (Wildman–Crippen LogP) is 0.398. The lowest BCUT2D eigenvalue weighted by Crippen LogP contribution is -2.33. The normalized spacial score (nSPS) is 9.61. The number of carbonyl (C=O) groups excluding carboxylic acids is 1. The molecule has 0 saturated heterocycles. The number of halogens is 1. The number of hydrogen-bond acceptors (Lipinski definition) is 4. The van der Waals surface area contributed by atoms with E-state index >= 15 is 0 Å². The highest BCUT2D eigenvalue weighted by molar-refractivity contribution is 5.85. The average Bonchev–Trinajstić information content (AvgIpc) is 2.35. The summed E-state index contributed by atoms with van der Waals surface area (Å²) in [6.07, 6.45) is 3.78. The van der Waals surface area contributed by atoms with Gasteiger partial charge in [-0.25, -0.2) is 0 Å². The number of nitrogens with zero attached hydrogens (tertiary/aromatic N) is 1. The van der Waals surface area contributed by atoms with E-state index in [0.717, 1.165) is 18.7 Å². The summed E-state index contributed by atoms with van der Waals surface area (Å²) in [6, 6.07) is 3.72. The maximum atomic E-state index is 11.5. The fourth-order valence-electron chi connectivity index (χ4n) is 1.34. The predicted molar refractivity (Wildman–Crippen MR) is 72.9 cm³/mol. The number of amides is 1. The van der Waals surface area contributed by atoms with Gasteiger partial charge in [-0.1, -0.05) is 6.07 Å². The summed E-state index contributed by atoms with van der Waals surface area (Å²) in [6.45, 7) is 2.86. The highest BCUT2D eigenvalue weighted by Gasteiger charge is 2.01. The Balaban J connectivity index is 0.00000289. The second kappa shape index (κ2) is 11.0. The molecule has 1 rings (SSSR count). The van der Waals surface area contributed by atoms with E-state index < -0.39 is 0 Å². The molecule has 0 bridgehead atoms. The standard InChI is InChI=1S/C12H19N3O2.ClH/c1-17-8-7-13-5-6-15-12(16)9-11-3-2-4-14-10-11;/h2-4,10,13H,5-9H2,1H3,(H,15,16);1H. The molecule has 18 heavy (non-hydrogen) atoms. The number of pyridine rings is 1. The van der Waals surface area contributed by atoms with Gasteiger partial charge in [0.15, 0.2) is 0 Å². The van der Waals surface area contributed by atoms with Crippen LogP contribution in [0.3, 0.4) is 0 Å². The third kappa shape index (κ3) is 8.00. The zero-order valence-corrected chi connectivity index (χ0v) is 11.3. The highest BCUT2D eigenvalue weighted by atomic mass is 35.5. The third-order valence-corrected chi connectivity index (χ3v) is 2.19. The molecular formula is C12H20ClN3O2. The van der Waals surface area contributed by atoms with Crippen molar-refractivity contribution in [2.75, 3.05) is 33.4 Å². The SMILES string of the molecule is COCCNCCNC(=O)Cc1cccnc1.Cl. The Morgan fingerprint density at radius 1 is 1.39 bits per heavy atom. The molecule has 1 aromatic heterocycles. The quantitative estimate of drug-likeness (QED) is 0.673. The van der Waals surface area contributed by atoms with E-state index in [1.54, 1.807) is 19.5 Å². The molecule has 1 amide bonds. The molecule has 5 nitrogen and oxygen atoms in total. The summed E-state index contributed by atoms with van der Waals surface area (Å²) in [5.41, 5.74) is 0.928. The summed E-state index contributed by atoms with van der Waals surface area (Å²) >= 11 is 0. The number of methoxy groups -OCH3 is 1. The second-order valence-corrected chi connectivity index (χ2v) is 3.63. The van der Waals surface area contributed by atoms with Crippen LogP contribution >= 0.6 is 12.4 Å². The summed E-state index contributed by atoms with van der Waals surface area (Å²) in [7, 11) is 1.66. The van der Waals surface area contributed by atoms with Crippen molar-refractivity contribution in [1.82, 2.24) is 15.6 Å². The number of hydrogen-bond donors (Lipinski definition) is 2. The topological polar surface area (TPSA) is 63.2 Å². The lowest BCUT2D eigenvalue weighted by Gasteiger charge is -2.06. The molecule has 1 heterocycles. The van der Waals surface area contributed by atoms with Crippen LogP contribution in [0.25, 0.3) is 0 Å². The fraction of sp³-hybridized carbons (Fsp3) is 0.500. The number of carbonyl (C=O) groups is 1. The minimum atomic E-state index is 0. The van der Waals surface area contributed by atoms with Crippen LogP contribution in [0.5, 0.6) is 0 Å². The van der Waals surface area contributed by atoms with Crippen molar-refractivity contribution in [2.45, 2.75) is 6.42 Å². The molecule has 1 aromatic rings. The van der Waals surface area contributed by atoms with Gasteiger partial charge in [0.2, 0.25) is 5.91 Å². The molecule has 0 atom stereocenters. The average molecular weight is 274 g/mol. The van der Waals surface area contributed by atoms with Gasteiger partial charge in [0.25, 0.3) is 0 Å². The summed E-state index contributed by atoms with van der Waals surface area (Å²) < 4.78 is 4.89. The monoisotopic (exact) mass is 273 g/mol. The van der Waals surface area contributed by atoms with Gasteiger partial charge in [-0.3, -0.25) is 9.78 Å². The third-order valence-electron chi connectivity index (χ3n) is 2.19. The van der Waals surface area contributed by atoms with Crippen LogP contribution in [0.1, 0.15) is 5.56 Å². The summed E-state index contributed by atoms with van der Waals surface area (Å²) in [5, 5.41) is 5.99. The molecule has 0 unspecified atom stereocenters. The maximum absolute atomic E-state index is 11.5. The highest BCUT2D eigenvalue weighted by Crippen LogP contribution is 1.95. The van der Waals surface area contributed by atoms with Crippen LogP contribution in [-0.2, 0) is 16.0 Å². The van der Waals surface area contributed by atoms with E-state index in [0.29, 0.717) is 19.6 Å². The number of aromatic nitrogens is 1. The lowest BCUT2D eigenvalue weighted by atomic mass is 10.2. The van der Waals surface area contributed by atoms with Gasteiger partial charge >= 0.3 is 0 Å². The summed E-state index contributed by atoms with van der Waals surface area (Å²) in [4.78, 5) is 15.5. The van der Waals surface area contributed by atoms with Gasteiger partial charge in [-0.05, 0) is 11.6 Å². The molecular weight excluding hydrogens is 254 g/mol. The maximum Gasteiger partial charge on any atom is 0.224 e. The molecule has 0 aliphatic carbocycles. The Morgan fingerprint density at radius 2 is 2.22 bits per heavy atom. The Labute approximate surface area is 114 Å². The molecule has 0 aliphatic rings. The van der Waals surface area contributed by atoms with Gasteiger partial charge in [-0.2, -0.15) is 0 Å². The Bertz CT molecular complexity index is 322. The van der Waals surface area contributed by atoms with E-state index in [4.69, 9.17) is 4.74 Å². The van der Waals surface area contributed by atoms with E-state index in [2.05, 4.69) is 15.6 Å². The van der Waals surface area contributed by atoms with Crippen LogP contribution in [0, 0.1) is 0 Å². The molecule has 102 valence electrons. The molecule has 6 heteroatoms. The first-order chi connectivity index (χ1) is 8.33. The molecule has 0 fully saturated rings. The van der Waals surface area contributed by atoms with Crippen LogP contribution in [0.15, 0.2) is 24.5 Å². The van der Waals surface area contributed by atoms with Crippen molar-refractivity contribution in [2.24, 2.45) is 0 Å². The zero-order valence-electron chi connectivity index (χ0n) is 10.5. The Kier molecular flexibility index (Phi) is 10.2. The van der Waals surface area contributed by atoms with E-state index in [-0.39, 0.29) is 18.3 Å². The van der Waals surface area contributed by atoms with Gasteiger partial charge in [-0.15, -0.1) is 12.4 Å².